The zero-order chi connectivity index (χ0) is 17.8. The molecule has 128 valence electrons. The van der Waals surface area contributed by atoms with Crippen LogP contribution in [-0.2, 0) is 4.79 Å². The van der Waals surface area contributed by atoms with E-state index < -0.39 is 17.7 Å². The molecule has 4 N–H and O–H groups in total. The summed E-state index contributed by atoms with van der Waals surface area (Å²) in [5.74, 6) is -1.50. The fourth-order valence-electron chi connectivity index (χ4n) is 2.11. The maximum Gasteiger partial charge on any atom is 0.286 e. The summed E-state index contributed by atoms with van der Waals surface area (Å²) in [6.07, 6.45) is 1.59. The van der Waals surface area contributed by atoms with Gasteiger partial charge < -0.3 is 10.3 Å². The largest absolute Gasteiger partial charge is 0.357 e. The third-order valence-electron chi connectivity index (χ3n) is 3.31. The molecule has 7 nitrogen and oxygen atoms in total. The van der Waals surface area contributed by atoms with Gasteiger partial charge in [-0.25, -0.2) is 0 Å². The number of rotatable bonds is 4. The minimum absolute atomic E-state index is 0.297. The predicted molar refractivity (Wildman–Crippen MR) is 95.6 cm³/mol. The topological polar surface area (TPSA) is 103 Å². The van der Waals surface area contributed by atoms with E-state index in [1.165, 1.54) is 11.3 Å². The van der Waals surface area contributed by atoms with E-state index in [0.717, 1.165) is 10.1 Å². The Balaban J connectivity index is 1.53. The van der Waals surface area contributed by atoms with Gasteiger partial charge in [-0.2, -0.15) is 0 Å². The van der Waals surface area contributed by atoms with Gasteiger partial charge in [0.15, 0.2) is 0 Å². The van der Waals surface area contributed by atoms with Gasteiger partial charge in [-0.05, 0) is 18.2 Å². The van der Waals surface area contributed by atoms with Crippen molar-refractivity contribution in [2.45, 2.75) is 0 Å². The molecule has 0 fully saturated rings. The van der Waals surface area contributed by atoms with E-state index in [-0.39, 0.29) is 6.54 Å². The molecule has 3 amide bonds. The second-order valence-corrected chi connectivity index (χ2v) is 6.44. The van der Waals surface area contributed by atoms with Crippen LogP contribution in [0, 0.1) is 0 Å². The summed E-state index contributed by atoms with van der Waals surface area (Å²) < 4.78 is 0.889. The van der Waals surface area contributed by atoms with Crippen molar-refractivity contribution in [2.75, 3.05) is 6.54 Å². The molecule has 1 aromatic carbocycles. The Morgan fingerprint density at radius 3 is 2.56 bits per heavy atom. The minimum atomic E-state index is -0.564. The smallest absolute Gasteiger partial charge is 0.286 e. The second-order valence-electron chi connectivity index (χ2n) is 5.01. The second kappa shape index (κ2) is 7.37. The molecular formula is C16H13ClN4O3S. The molecule has 0 bridgehead atoms. The third-order valence-corrected chi connectivity index (χ3v) is 4.98. The number of fused-ring (bicyclic) bond motifs is 1. The standard InChI is InChI=1S/C16H13ClN4O3S/c17-13-9-4-1-2-6-11(9)25-14(13)16(24)19-8-12(22)20-21-15(23)10-5-3-7-18-10/h1-7,18H,8H2,(H,19,24)(H,20,22)(H,21,23). The van der Waals surface area contributed by atoms with Crippen LogP contribution in [-0.4, -0.2) is 29.3 Å². The number of H-pyrrole nitrogens is 1. The van der Waals surface area contributed by atoms with Crippen LogP contribution in [0.25, 0.3) is 10.1 Å². The minimum Gasteiger partial charge on any atom is -0.357 e. The molecule has 0 saturated carbocycles. The number of carbonyl (C=O) groups is 3. The third kappa shape index (κ3) is 3.81. The Morgan fingerprint density at radius 1 is 1.04 bits per heavy atom. The Hall–Kier alpha value is -2.84. The number of nitrogens with one attached hydrogen (secondary N) is 4. The molecule has 0 aliphatic heterocycles. The molecule has 0 aliphatic rings. The molecular weight excluding hydrogens is 364 g/mol. The Labute approximate surface area is 151 Å². The van der Waals surface area contributed by atoms with Crippen LogP contribution in [0.15, 0.2) is 42.6 Å². The van der Waals surface area contributed by atoms with Crippen LogP contribution < -0.4 is 16.2 Å². The van der Waals surface area contributed by atoms with Crippen molar-refractivity contribution >= 4 is 50.7 Å². The number of aromatic amines is 1. The van der Waals surface area contributed by atoms with Crippen LogP contribution in [0.1, 0.15) is 20.2 Å². The van der Waals surface area contributed by atoms with Gasteiger partial charge in [0.25, 0.3) is 17.7 Å². The Morgan fingerprint density at radius 2 is 1.84 bits per heavy atom. The summed E-state index contributed by atoms with van der Waals surface area (Å²) in [6.45, 7) is -0.297. The van der Waals surface area contributed by atoms with Crippen LogP contribution in [0.5, 0.6) is 0 Å². The molecule has 2 heterocycles. The number of hydrogen-bond donors (Lipinski definition) is 4. The van der Waals surface area contributed by atoms with Gasteiger partial charge in [-0.1, -0.05) is 29.8 Å². The van der Waals surface area contributed by atoms with Crippen molar-refractivity contribution in [3.8, 4) is 0 Å². The van der Waals surface area contributed by atoms with Crippen molar-refractivity contribution in [1.82, 2.24) is 21.2 Å². The Bertz CT molecular complexity index is 936. The summed E-state index contributed by atoms with van der Waals surface area (Å²) in [4.78, 5) is 38.6. The fourth-order valence-corrected chi connectivity index (χ4v) is 3.54. The molecule has 9 heteroatoms. The van der Waals surface area contributed by atoms with Crippen LogP contribution in [0.2, 0.25) is 5.02 Å². The number of aromatic nitrogens is 1. The predicted octanol–water partition coefficient (Wildman–Crippen LogP) is 2.07. The molecule has 0 atom stereocenters. The van der Waals surface area contributed by atoms with Crippen LogP contribution in [0.3, 0.4) is 0 Å². The highest BCUT2D eigenvalue weighted by Gasteiger charge is 2.17. The van der Waals surface area contributed by atoms with Crippen molar-refractivity contribution in [3.63, 3.8) is 0 Å². The maximum atomic E-state index is 12.2. The average molecular weight is 377 g/mol. The van der Waals surface area contributed by atoms with Gasteiger partial charge in [-0.15, -0.1) is 11.3 Å². The maximum absolute atomic E-state index is 12.2. The highest BCUT2D eigenvalue weighted by molar-refractivity contribution is 7.21. The first-order chi connectivity index (χ1) is 12.1. The number of carbonyl (C=O) groups excluding carboxylic acids is 3. The van der Waals surface area contributed by atoms with Gasteiger partial charge in [-0.3, -0.25) is 25.2 Å². The van der Waals surface area contributed by atoms with Gasteiger partial charge in [0, 0.05) is 16.3 Å². The average Bonchev–Trinajstić information content (AvgIpc) is 3.26. The fraction of sp³-hybridized carbons (Fsp3) is 0.0625. The first-order valence-corrected chi connectivity index (χ1v) is 8.43. The van der Waals surface area contributed by atoms with Gasteiger partial charge in [0.05, 0.1) is 11.6 Å². The molecule has 0 aliphatic carbocycles. The molecule has 3 aromatic rings. The first kappa shape index (κ1) is 17.0. The van der Waals surface area contributed by atoms with Gasteiger partial charge in [0.1, 0.15) is 10.6 Å². The first-order valence-electron chi connectivity index (χ1n) is 7.24. The summed E-state index contributed by atoms with van der Waals surface area (Å²) in [7, 11) is 0. The molecule has 25 heavy (non-hydrogen) atoms. The lowest BCUT2D eigenvalue weighted by molar-refractivity contribution is -0.120. The van der Waals surface area contributed by atoms with E-state index in [1.807, 2.05) is 24.3 Å². The van der Waals surface area contributed by atoms with Crippen molar-refractivity contribution in [1.29, 1.82) is 0 Å². The number of amides is 3. The lowest BCUT2D eigenvalue weighted by Crippen LogP contribution is -2.46. The normalized spacial score (nSPS) is 10.4. The number of hydrazine groups is 1. The lowest BCUT2D eigenvalue weighted by atomic mass is 10.2. The van der Waals surface area contributed by atoms with Crippen molar-refractivity contribution in [2.24, 2.45) is 0 Å². The summed E-state index contributed by atoms with van der Waals surface area (Å²) >= 11 is 7.47. The van der Waals surface area contributed by atoms with E-state index in [2.05, 4.69) is 21.2 Å². The molecule has 0 radical (unpaired) electrons. The van der Waals surface area contributed by atoms with Crippen molar-refractivity contribution < 1.29 is 14.4 Å². The van der Waals surface area contributed by atoms with E-state index >= 15 is 0 Å². The van der Waals surface area contributed by atoms with E-state index in [0.29, 0.717) is 15.6 Å². The lowest BCUT2D eigenvalue weighted by Gasteiger charge is -2.07. The van der Waals surface area contributed by atoms with E-state index in [9.17, 15) is 14.4 Å². The summed E-state index contributed by atoms with van der Waals surface area (Å²) in [5.41, 5.74) is 4.76. The zero-order valence-electron chi connectivity index (χ0n) is 12.8. The molecule has 0 unspecified atom stereocenters. The van der Waals surface area contributed by atoms with Crippen LogP contribution >= 0.6 is 22.9 Å². The van der Waals surface area contributed by atoms with Gasteiger partial charge in [0.2, 0.25) is 0 Å². The summed E-state index contributed by atoms with van der Waals surface area (Å²) in [6, 6.07) is 10.6. The highest BCUT2D eigenvalue weighted by atomic mass is 35.5. The molecule has 0 spiro atoms. The zero-order valence-corrected chi connectivity index (χ0v) is 14.3. The number of halogens is 1. The van der Waals surface area contributed by atoms with E-state index in [4.69, 9.17) is 11.6 Å². The molecule has 2 aromatic heterocycles. The molecule has 3 rings (SSSR count). The quantitative estimate of drug-likeness (QED) is 0.524. The highest BCUT2D eigenvalue weighted by Crippen LogP contribution is 2.34. The SMILES string of the molecule is O=C(CNC(=O)c1sc2ccccc2c1Cl)NNC(=O)c1ccc[nH]1. The monoisotopic (exact) mass is 376 g/mol. The number of thiophene rings is 1. The van der Waals surface area contributed by atoms with Crippen molar-refractivity contribution in [3.05, 3.63) is 58.2 Å². The van der Waals surface area contributed by atoms with E-state index in [1.54, 1.807) is 18.3 Å². The summed E-state index contributed by atoms with van der Waals surface area (Å²) in [5, 5.41) is 3.63. The Kier molecular flexibility index (Phi) is 5.01. The number of hydrogen-bond acceptors (Lipinski definition) is 4. The number of benzene rings is 1. The van der Waals surface area contributed by atoms with Gasteiger partial charge >= 0.3 is 0 Å². The molecule has 0 saturated heterocycles. The van der Waals surface area contributed by atoms with Crippen LogP contribution in [0.4, 0.5) is 0 Å².